The highest BCUT2D eigenvalue weighted by Crippen LogP contribution is 2.17. The first kappa shape index (κ1) is 10.5. The van der Waals surface area contributed by atoms with Crippen LogP contribution in [0.15, 0.2) is 24.4 Å². The second-order valence-corrected chi connectivity index (χ2v) is 3.17. The van der Waals surface area contributed by atoms with Crippen LogP contribution < -0.4 is 0 Å². The number of methoxy groups -OCH3 is 1. The Morgan fingerprint density at radius 3 is 2.62 bits per heavy atom. The van der Waals surface area contributed by atoms with Gasteiger partial charge in [-0.2, -0.15) is 0 Å². The minimum Gasteiger partial charge on any atom is -0.465 e. The molecule has 0 saturated carbocycles. The SMILES string of the molecule is COC(=O)c1cnc2cc(F)c(F)cc2c1. The second kappa shape index (κ2) is 3.84. The van der Waals surface area contributed by atoms with Crippen LogP contribution >= 0.6 is 0 Å². The summed E-state index contributed by atoms with van der Waals surface area (Å²) in [5.74, 6) is -2.51. The highest BCUT2D eigenvalue weighted by atomic mass is 19.2. The fourth-order valence-electron chi connectivity index (χ4n) is 1.35. The van der Waals surface area contributed by atoms with Gasteiger partial charge in [0, 0.05) is 17.6 Å². The van der Waals surface area contributed by atoms with Crippen LogP contribution in [-0.4, -0.2) is 18.1 Å². The fourth-order valence-corrected chi connectivity index (χ4v) is 1.35. The van der Waals surface area contributed by atoms with Crippen molar-refractivity contribution in [3.8, 4) is 0 Å². The molecule has 0 amide bonds. The summed E-state index contributed by atoms with van der Waals surface area (Å²) < 4.78 is 30.3. The molecule has 0 fully saturated rings. The lowest BCUT2D eigenvalue weighted by Gasteiger charge is -2.02. The van der Waals surface area contributed by atoms with Crippen LogP contribution in [0, 0.1) is 11.6 Å². The van der Waals surface area contributed by atoms with Gasteiger partial charge in [0.15, 0.2) is 11.6 Å². The zero-order chi connectivity index (χ0) is 11.7. The molecule has 82 valence electrons. The van der Waals surface area contributed by atoms with Crippen molar-refractivity contribution in [1.82, 2.24) is 4.98 Å². The molecular weight excluding hydrogens is 216 g/mol. The third-order valence-corrected chi connectivity index (χ3v) is 2.14. The predicted molar refractivity (Wildman–Crippen MR) is 53.0 cm³/mol. The number of rotatable bonds is 1. The third-order valence-electron chi connectivity index (χ3n) is 2.14. The van der Waals surface area contributed by atoms with Gasteiger partial charge in [-0.25, -0.2) is 13.6 Å². The summed E-state index contributed by atoms with van der Waals surface area (Å²) in [7, 11) is 1.23. The molecular formula is C11H7F2NO2. The van der Waals surface area contributed by atoms with Gasteiger partial charge in [-0.1, -0.05) is 0 Å². The molecule has 0 radical (unpaired) electrons. The van der Waals surface area contributed by atoms with Gasteiger partial charge in [-0.3, -0.25) is 4.98 Å². The van der Waals surface area contributed by atoms with Gasteiger partial charge < -0.3 is 4.74 Å². The minimum absolute atomic E-state index is 0.195. The lowest BCUT2D eigenvalue weighted by molar-refractivity contribution is 0.0600. The molecule has 0 spiro atoms. The molecule has 5 heteroatoms. The third kappa shape index (κ3) is 1.71. The molecule has 1 heterocycles. The smallest absolute Gasteiger partial charge is 0.339 e. The Morgan fingerprint density at radius 1 is 1.25 bits per heavy atom. The number of pyridine rings is 1. The molecule has 1 aromatic carbocycles. The van der Waals surface area contributed by atoms with E-state index in [9.17, 15) is 13.6 Å². The highest BCUT2D eigenvalue weighted by molar-refractivity contribution is 5.93. The Morgan fingerprint density at radius 2 is 1.94 bits per heavy atom. The molecule has 0 unspecified atom stereocenters. The van der Waals surface area contributed by atoms with E-state index in [2.05, 4.69) is 9.72 Å². The van der Waals surface area contributed by atoms with Crippen molar-refractivity contribution in [2.24, 2.45) is 0 Å². The maximum atomic E-state index is 12.9. The summed E-state index contributed by atoms with van der Waals surface area (Å²) in [6.45, 7) is 0. The van der Waals surface area contributed by atoms with Crippen molar-refractivity contribution < 1.29 is 18.3 Å². The Labute approximate surface area is 89.7 Å². The number of ether oxygens (including phenoxy) is 1. The van der Waals surface area contributed by atoms with Gasteiger partial charge in [0.25, 0.3) is 0 Å². The minimum atomic E-state index is -0.976. The van der Waals surface area contributed by atoms with Crippen LogP contribution in [0.1, 0.15) is 10.4 Å². The highest BCUT2D eigenvalue weighted by Gasteiger charge is 2.09. The van der Waals surface area contributed by atoms with Gasteiger partial charge >= 0.3 is 5.97 Å². The molecule has 0 bridgehead atoms. The number of aromatic nitrogens is 1. The Balaban J connectivity index is 2.62. The lowest BCUT2D eigenvalue weighted by Crippen LogP contribution is -2.01. The topological polar surface area (TPSA) is 39.2 Å². The molecule has 0 aliphatic heterocycles. The van der Waals surface area contributed by atoms with Crippen LogP contribution in [0.3, 0.4) is 0 Å². The van der Waals surface area contributed by atoms with Crippen molar-refractivity contribution in [3.05, 3.63) is 41.6 Å². The summed E-state index contributed by atoms with van der Waals surface area (Å²) >= 11 is 0. The van der Waals surface area contributed by atoms with Crippen LogP contribution in [0.4, 0.5) is 8.78 Å². The van der Waals surface area contributed by atoms with E-state index in [1.54, 1.807) is 0 Å². The van der Waals surface area contributed by atoms with Gasteiger partial charge in [0.1, 0.15) is 0 Å². The Kier molecular flexibility index (Phi) is 2.52. The molecule has 0 aliphatic carbocycles. The van der Waals surface area contributed by atoms with Crippen molar-refractivity contribution >= 4 is 16.9 Å². The average molecular weight is 223 g/mol. The monoisotopic (exact) mass is 223 g/mol. The van der Waals surface area contributed by atoms with E-state index < -0.39 is 17.6 Å². The van der Waals surface area contributed by atoms with Crippen LogP contribution in [-0.2, 0) is 4.74 Å². The fraction of sp³-hybridized carbons (Fsp3) is 0.0909. The number of halogens is 2. The first-order valence-electron chi connectivity index (χ1n) is 4.45. The molecule has 0 atom stereocenters. The number of nitrogens with zero attached hydrogens (tertiary/aromatic N) is 1. The van der Waals surface area contributed by atoms with Crippen molar-refractivity contribution in [2.75, 3.05) is 7.11 Å². The van der Waals surface area contributed by atoms with Gasteiger partial charge in [-0.05, 0) is 12.1 Å². The predicted octanol–water partition coefficient (Wildman–Crippen LogP) is 2.30. The molecule has 2 aromatic rings. The standard InChI is InChI=1S/C11H7F2NO2/c1-16-11(15)7-2-6-3-8(12)9(13)4-10(6)14-5-7/h2-5H,1H3. The summed E-state index contributed by atoms with van der Waals surface area (Å²) in [4.78, 5) is 15.0. The lowest BCUT2D eigenvalue weighted by atomic mass is 10.1. The van der Waals surface area contributed by atoms with Crippen molar-refractivity contribution in [1.29, 1.82) is 0 Å². The quantitative estimate of drug-likeness (QED) is 0.696. The van der Waals surface area contributed by atoms with Crippen molar-refractivity contribution in [3.63, 3.8) is 0 Å². The normalized spacial score (nSPS) is 10.4. The molecule has 0 saturated heterocycles. The Bertz CT molecular complexity index is 569. The van der Waals surface area contributed by atoms with Crippen LogP contribution in [0.25, 0.3) is 10.9 Å². The zero-order valence-electron chi connectivity index (χ0n) is 8.33. The van der Waals surface area contributed by atoms with E-state index in [0.717, 1.165) is 12.1 Å². The zero-order valence-corrected chi connectivity index (χ0v) is 8.33. The average Bonchev–Trinajstić information content (AvgIpc) is 2.29. The Hall–Kier alpha value is -2.04. The van der Waals surface area contributed by atoms with E-state index in [-0.39, 0.29) is 11.1 Å². The molecule has 0 N–H and O–H groups in total. The second-order valence-electron chi connectivity index (χ2n) is 3.17. The van der Waals surface area contributed by atoms with Gasteiger partial charge in [0.05, 0.1) is 18.2 Å². The van der Waals surface area contributed by atoms with E-state index in [4.69, 9.17) is 0 Å². The number of carbonyl (C=O) groups is 1. The summed E-state index contributed by atoms with van der Waals surface area (Å²) in [5, 5.41) is 0.349. The number of fused-ring (bicyclic) bond motifs is 1. The number of esters is 1. The maximum absolute atomic E-state index is 12.9. The molecule has 3 nitrogen and oxygen atoms in total. The molecule has 1 aromatic heterocycles. The summed E-state index contributed by atoms with van der Waals surface area (Å²) in [6, 6.07) is 3.37. The molecule has 0 aliphatic rings. The number of benzene rings is 1. The summed E-state index contributed by atoms with van der Waals surface area (Å²) in [6.07, 6.45) is 1.26. The number of carbonyl (C=O) groups excluding carboxylic acids is 1. The first-order chi connectivity index (χ1) is 7.61. The summed E-state index contributed by atoms with van der Waals surface area (Å²) in [5.41, 5.74) is 0.479. The molecule has 16 heavy (non-hydrogen) atoms. The van der Waals surface area contributed by atoms with E-state index in [1.165, 1.54) is 19.4 Å². The van der Waals surface area contributed by atoms with E-state index >= 15 is 0 Å². The first-order valence-corrected chi connectivity index (χ1v) is 4.45. The number of hydrogen-bond donors (Lipinski definition) is 0. The van der Waals surface area contributed by atoms with E-state index in [1.807, 2.05) is 0 Å². The largest absolute Gasteiger partial charge is 0.465 e. The van der Waals surface area contributed by atoms with Gasteiger partial charge in [0.2, 0.25) is 0 Å². The van der Waals surface area contributed by atoms with Crippen LogP contribution in [0.5, 0.6) is 0 Å². The maximum Gasteiger partial charge on any atom is 0.339 e. The number of hydrogen-bond acceptors (Lipinski definition) is 3. The van der Waals surface area contributed by atoms with Gasteiger partial charge in [-0.15, -0.1) is 0 Å². The van der Waals surface area contributed by atoms with Crippen LogP contribution in [0.2, 0.25) is 0 Å². The van der Waals surface area contributed by atoms with Crippen molar-refractivity contribution in [2.45, 2.75) is 0 Å². The molecule has 2 rings (SSSR count). The van der Waals surface area contributed by atoms with E-state index in [0.29, 0.717) is 5.39 Å².